The summed E-state index contributed by atoms with van der Waals surface area (Å²) in [6.45, 7) is 3.95. The van der Waals surface area contributed by atoms with Crippen molar-refractivity contribution in [1.82, 2.24) is 9.97 Å². The van der Waals surface area contributed by atoms with E-state index < -0.39 is 0 Å². The van der Waals surface area contributed by atoms with Crippen molar-refractivity contribution in [1.29, 1.82) is 0 Å². The largest absolute Gasteiger partial charge is 0.438 e. The standard InChI is InChI=1S/C27H22FN3O2S/c1-16-6-5-7-17(2)24(16)29-23(32)15-34-27-21-14-19-8-3-4-9-22(19)33-26(21)30-25(31-27)18-10-12-20(28)13-11-18/h3-13H,14-15H2,1-2H3,(H,29,32). The lowest BCUT2D eigenvalue weighted by atomic mass is 10.0. The Morgan fingerprint density at radius 3 is 2.50 bits per heavy atom. The molecule has 1 aliphatic rings. The molecule has 34 heavy (non-hydrogen) atoms. The minimum absolute atomic E-state index is 0.116. The summed E-state index contributed by atoms with van der Waals surface area (Å²) in [6.07, 6.45) is 0.607. The van der Waals surface area contributed by atoms with Gasteiger partial charge in [-0.15, -0.1) is 0 Å². The van der Waals surface area contributed by atoms with Crippen LogP contribution in [0.4, 0.5) is 10.1 Å². The second-order valence-corrected chi connectivity index (χ2v) is 9.10. The number of aryl methyl sites for hydroxylation is 2. The van der Waals surface area contributed by atoms with Crippen LogP contribution in [0.25, 0.3) is 11.4 Å². The van der Waals surface area contributed by atoms with Crippen molar-refractivity contribution in [2.75, 3.05) is 11.1 Å². The number of hydrogen-bond acceptors (Lipinski definition) is 5. The number of thioether (sulfide) groups is 1. The van der Waals surface area contributed by atoms with Crippen LogP contribution in [-0.4, -0.2) is 21.6 Å². The van der Waals surface area contributed by atoms with Crippen LogP contribution in [0.5, 0.6) is 11.6 Å². The van der Waals surface area contributed by atoms with Crippen LogP contribution in [0.2, 0.25) is 0 Å². The summed E-state index contributed by atoms with van der Waals surface area (Å²) >= 11 is 1.34. The number of anilines is 1. The molecule has 170 valence electrons. The fourth-order valence-corrected chi connectivity index (χ4v) is 4.72. The number of benzene rings is 3. The molecule has 0 spiro atoms. The van der Waals surface area contributed by atoms with Crippen LogP contribution in [-0.2, 0) is 11.2 Å². The topological polar surface area (TPSA) is 64.1 Å². The first-order chi connectivity index (χ1) is 16.5. The summed E-state index contributed by atoms with van der Waals surface area (Å²) in [7, 11) is 0. The molecule has 0 fully saturated rings. The van der Waals surface area contributed by atoms with E-state index in [1.165, 1.54) is 23.9 Å². The van der Waals surface area contributed by atoms with Gasteiger partial charge in [0.05, 0.1) is 11.3 Å². The van der Waals surface area contributed by atoms with Crippen molar-refractivity contribution in [2.24, 2.45) is 0 Å². The second-order valence-electron chi connectivity index (χ2n) is 8.13. The third-order valence-corrected chi connectivity index (χ3v) is 6.68. The van der Waals surface area contributed by atoms with Crippen LogP contribution in [0.15, 0.2) is 71.8 Å². The highest BCUT2D eigenvalue weighted by atomic mass is 32.2. The van der Waals surface area contributed by atoms with Gasteiger partial charge in [-0.05, 0) is 60.9 Å². The molecule has 3 aromatic carbocycles. The Morgan fingerprint density at radius 1 is 1.00 bits per heavy atom. The van der Waals surface area contributed by atoms with E-state index in [-0.39, 0.29) is 17.5 Å². The van der Waals surface area contributed by atoms with Crippen molar-refractivity contribution in [3.05, 3.63) is 94.8 Å². The fraction of sp³-hybridized carbons (Fsp3) is 0.148. The van der Waals surface area contributed by atoms with Gasteiger partial charge in [0.15, 0.2) is 5.82 Å². The Kier molecular flexibility index (Phi) is 6.02. The summed E-state index contributed by atoms with van der Waals surface area (Å²) in [6, 6.07) is 19.7. The molecular formula is C27H22FN3O2S. The van der Waals surface area contributed by atoms with Gasteiger partial charge >= 0.3 is 0 Å². The maximum Gasteiger partial charge on any atom is 0.234 e. The molecule has 0 bridgehead atoms. The molecule has 5 nitrogen and oxygen atoms in total. The molecule has 0 atom stereocenters. The van der Waals surface area contributed by atoms with Gasteiger partial charge in [0.2, 0.25) is 11.8 Å². The number of para-hydroxylation sites is 2. The number of rotatable bonds is 5. The van der Waals surface area contributed by atoms with Crippen molar-refractivity contribution >= 4 is 23.4 Å². The van der Waals surface area contributed by atoms with E-state index in [9.17, 15) is 9.18 Å². The number of aromatic nitrogens is 2. The minimum atomic E-state index is -0.329. The van der Waals surface area contributed by atoms with Crippen molar-refractivity contribution in [3.8, 4) is 23.0 Å². The van der Waals surface area contributed by atoms with E-state index in [0.717, 1.165) is 33.7 Å². The Bertz CT molecular complexity index is 1370. The van der Waals surface area contributed by atoms with Gasteiger partial charge in [-0.1, -0.05) is 48.2 Å². The van der Waals surface area contributed by atoms with Gasteiger partial charge in [-0.25, -0.2) is 9.37 Å². The summed E-state index contributed by atoms with van der Waals surface area (Å²) in [5.74, 6) is 1.38. The Hall–Kier alpha value is -3.71. The van der Waals surface area contributed by atoms with Crippen molar-refractivity contribution < 1.29 is 13.9 Å². The van der Waals surface area contributed by atoms with Gasteiger partial charge in [0, 0.05) is 17.7 Å². The molecule has 2 heterocycles. The highest BCUT2D eigenvalue weighted by molar-refractivity contribution is 8.00. The number of fused-ring (bicyclic) bond motifs is 2. The van der Waals surface area contributed by atoms with Crippen LogP contribution in [0, 0.1) is 19.7 Å². The first-order valence-corrected chi connectivity index (χ1v) is 11.9. The molecule has 4 aromatic rings. The third kappa shape index (κ3) is 4.52. The lowest BCUT2D eigenvalue weighted by Crippen LogP contribution is -2.16. The third-order valence-electron chi connectivity index (χ3n) is 5.67. The number of amides is 1. The van der Waals surface area contributed by atoms with E-state index in [1.807, 2.05) is 56.3 Å². The predicted molar refractivity (Wildman–Crippen MR) is 132 cm³/mol. The average molecular weight is 472 g/mol. The zero-order chi connectivity index (χ0) is 23.7. The van der Waals surface area contributed by atoms with Gasteiger partial charge in [-0.3, -0.25) is 4.79 Å². The summed E-state index contributed by atoms with van der Waals surface area (Å²) in [5, 5.41) is 3.70. The molecule has 0 radical (unpaired) electrons. The first-order valence-electron chi connectivity index (χ1n) is 10.9. The second kappa shape index (κ2) is 9.27. The number of hydrogen-bond donors (Lipinski definition) is 1. The summed E-state index contributed by atoms with van der Waals surface area (Å²) in [4.78, 5) is 22.2. The first kappa shape index (κ1) is 22.1. The highest BCUT2D eigenvalue weighted by Crippen LogP contribution is 2.40. The van der Waals surface area contributed by atoms with Gasteiger partial charge in [-0.2, -0.15) is 4.98 Å². The van der Waals surface area contributed by atoms with E-state index in [2.05, 4.69) is 10.3 Å². The monoisotopic (exact) mass is 471 g/mol. The maximum absolute atomic E-state index is 13.5. The summed E-state index contributed by atoms with van der Waals surface area (Å²) in [5.41, 5.74) is 5.42. The van der Waals surface area contributed by atoms with E-state index in [1.54, 1.807) is 12.1 Å². The lowest BCUT2D eigenvalue weighted by molar-refractivity contribution is -0.113. The average Bonchev–Trinajstić information content (AvgIpc) is 2.84. The normalized spacial score (nSPS) is 11.9. The zero-order valence-corrected chi connectivity index (χ0v) is 19.6. The van der Waals surface area contributed by atoms with Crippen LogP contribution >= 0.6 is 11.8 Å². The molecular weight excluding hydrogens is 449 g/mol. The molecule has 1 amide bonds. The SMILES string of the molecule is Cc1cccc(C)c1NC(=O)CSc1nc(-c2ccc(F)cc2)nc2c1Cc1ccccc1O2. The molecule has 0 saturated heterocycles. The number of carbonyl (C=O) groups is 1. The van der Waals surface area contributed by atoms with Gasteiger partial charge < -0.3 is 10.1 Å². The number of carbonyl (C=O) groups excluding carboxylic acids is 1. The van der Waals surface area contributed by atoms with Crippen molar-refractivity contribution in [3.63, 3.8) is 0 Å². The van der Waals surface area contributed by atoms with E-state index in [0.29, 0.717) is 28.7 Å². The van der Waals surface area contributed by atoms with Crippen LogP contribution < -0.4 is 10.1 Å². The fourth-order valence-electron chi connectivity index (χ4n) is 3.89. The molecule has 0 unspecified atom stereocenters. The molecule has 0 saturated carbocycles. The lowest BCUT2D eigenvalue weighted by Gasteiger charge is -2.21. The molecule has 1 aromatic heterocycles. The van der Waals surface area contributed by atoms with Crippen molar-refractivity contribution in [2.45, 2.75) is 25.3 Å². The summed E-state index contributed by atoms with van der Waals surface area (Å²) < 4.78 is 19.6. The number of halogens is 1. The molecule has 7 heteroatoms. The van der Waals surface area contributed by atoms with E-state index >= 15 is 0 Å². The number of nitrogens with one attached hydrogen (secondary N) is 1. The molecule has 1 aliphatic heterocycles. The minimum Gasteiger partial charge on any atom is -0.438 e. The molecule has 1 N–H and O–H groups in total. The van der Waals surface area contributed by atoms with Crippen LogP contribution in [0.3, 0.4) is 0 Å². The number of ether oxygens (including phenoxy) is 1. The quantitative estimate of drug-likeness (QED) is 0.240. The Labute approximate surface area is 201 Å². The Morgan fingerprint density at radius 2 is 1.74 bits per heavy atom. The van der Waals surface area contributed by atoms with Gasteiger partial charge in [0.1, 0.15) is 16.6 Å². The molecule has 0 aliphatic carbocycles. The smallest absolute Gasteiger partial charge is 0.234 e. The Balaban J connectivity index is 1.45. The molecule has 5 rings (SSSR count). The highest BCUT2D eigenvalue weighted by Gasteiger charge is 2.24. The van der Waals surface area contributed by atoms with E-state index in [4.69, 9.17) is 9.72 Å². The van der Waals surface area contributed by atoms with Crippen LogP contribution in [0.1, 0.15) is 22.3 Å². The van der Waals surface area contributed by atoms with Gasteiger partial charge in [0.25, 0.3) is 0 Å². The predicted octanol–water partition coefficient (Wildman–Crippen LogP) is 6.33. The zero-order valence-electron chi connectivity index (χ0n) is 18.8. The maximum atomic E-state index is 13.5. The number of nitrogens with zero attached hydrogens (tertiary/aromatic N) is 2.